The lowest BCUT2D eigenvalue weighted by molar-refractivity contribution is 0.0600. The smallest absolute Gasteiger partial charge is 0.337 e. The number of nitrogens with one attached hydrogen (secondary N) is 2. The van der Waals surface area contributed by atoms with Crippen LogP contribution in [0.2, 0.25) is 0 Å². The van der Waals surface area contributed by atoms with Crippen molar-refractivity contribution in [2.75, 3.05) is 12.4 Å². The first-order valence-corrected chi connectivity index (χ1v) is 8.37. The molecule has 0 radical (unpaired) electrons. The maximum Gasteiger partial charge on any atom is 0.337 e. The molecule has 0 saturated heterocycles. The van der Waals surface area contributed by atoms with Crippen LogP contribution in [0.4, 0.5) is 5.69 Å². The average Bonchev–Trinajstić information content (AvgIpc) is 2.60. The molecule has 0 aromatic heterocycles. The van der Waals surface area contributed by atoms with E-state index in [-0.39, 0.29) is 17.1 Å². The maximum absolute atomic E-state index is 12.2. The van der Waals surface area contributed by atoms with Gasteiger partial charge >= 0.3 is 5.97 Å². The lowest BCUT2D eigenvalue weighted by Gasteiger charge is -2.13. The van der Waals surface area contributed by atoms with Crippen molar-refractivity contribution in [3.8, 4) is 5.75 Å². The summed E-state index contributed by atoms with van der Waals surface area (Å²) in [5.74, 6) is -0.135. The monoisotopic (exact) mass is 372 g/mol. The van der Waals surface area contributed by atoms with E-state index in [0.29, 0.717) is 22.6 Å². The molecule has 0 aliphatic heterocycles. The molecule has 0 fully saturated rings. The fraction of sp³-hybridized carbons (Fsp3) is 0.211. The maximum atomic E-state index is 12.2. The number of hydrogen-bond acceptors (Lipinski definition) is 5. The molecule has 136 valence electrons. The van der Waals surface area contributed by atoms with Gasteiger partial charge in [-0.25, -0.2) is 4.79 Å². The Kier molecular flexibility index (Phi) is 6.68. The van der Waals surface area contributed by atoms with Crippen molar-refractivity contribution in [2.24, 2.45) is 0 Å². The number of carbonyl (C=O) groups excluding carboxylic acids is 2. The molecular formula is C19H20N2O4S. The first-order valence-electron chi connectivity index (χ1n) is 7.96. The van der Waals surface area contributed by atoms with Gasteiger partial charge in [-0.1, -0.05) is 6.07 Å². The first-order chi connectivity index (χ1) is 12.4. The van der Waals surface area contributed by atoms with Gasteiger partial charge in [0.05, 0.1) is 18.8 Å². The molecular weight excluding hydrogens is 352 g/mol. The SMILES string of the molecule is COC(=O)c1ccc(C(=O)NC(=S)Nc2cccc(OC(C)C)c2)cc1. The van der Waals surface area contributed by atoms with Gasteiger partial charge in [0, 0.05) is 17.3 Å². The molecule has 2 rings (SSSR count). The minimum absolute atomic E-state index is 0.0601. The molecule has 0 aliphatic carbocycles. The summed E-state index contributed by atoms with van der Waals surface area (Å²) in [4.78, 5) is 23.6. The van der Waals surface area contributed by atoms with E-state index in [2.05, 4.69) is 15.4 Å². The summed E-state index contributed by atoms with van der Waals surface area (Å²) in [6, 6.07) is 13.4. The number of carbonyl (C=O) groups is 2. The molecule has 0 saturated carbocycles. The number of amides is 1. The van der Waals surface area contributed by atoms with E-state index in [4.69, 9.17) is 17.0 Å². The van der Waals surface area contributed by atoms with E-state index >= 15 is 0 Å². The minimum Gasteiger partial charge on any atom is -0.491 e. The van der Waals surface area contributed by atoms with Crippen molar-refractivity contribution < 1.29 is 19.1 Å². The van der Waals surface area contributed by atoms with Gasteiger partial charge < -0.3 is 14.8 Å². The Morgan fingerprint density at radius 1 is 1.04 bits per heavy atom. The zero-order valence-electron chi connectivity index (χ0n) is 14.7. The summed E-state index contributed by atoms with van der Waals surface area (Å²) in [5.41, 5.74) is 1.44. The highest BCUT2D eigenvalue weighted by Gasteiger charge is 2.10. The second-order valence-corrected chi connectivity index (χ2v) is 6.08. The molecule has 2 aromatic carbocycles. The zero-order chi connectivity index (χ0) is 19.1. The van der Waals surface area contributed by atoms with Crippen molar-refractivity contribution in [1.29, 1.82) is 0 Å². The number of hydrogen-bond donors (Lipinski definition) is 2. The van der Waals surface area contributed by atoms with Gasteiger partial charge in [-0.15, -0.1) is 0 Å². The molecule has 26 heavy (non-hydrogen) atoms. The van der Waals surface area contributed by atoms with Crippen LogP contribution >= 0.6 is 12.2 Å². The van der Waals surface area contributed by atoms with E-state index in [1.165, 1.54) is 31.4 Å². The second kappa shape index (κ2) is 8.96. The highest BCUT2D eigenvalue weighted by molar-refractivity contribution is 7.80. The molecule has 1 amide bonds. The van der Waals surface area contributed by atoms with Crippen LogP contribution in [-0.2, 0) is 4.74 Å². The molecule has 2 N–H and O–H groups in total. The third kappa shape index (κ3) is 5.56. The zero-order valence-corrected chi connectivity index (χ0v) is 15.6. The first kappa shape index (κ1) is 19.4. The highest BCUT2D eigenvalue weighted by Crippen LogP contribution is 2.18. The Morgan fingerprint density at radius 3 is 2.31 bits per heavy atom. The Labute approximate surface area is 157 Å². The third-order valence-electron chi connectivity index (χ3n) is 3.26. The lowest BCUT2D eigenvalue weighted by Crippen LogP contribution is -2.34. The van der Waals surface area contributed by atoms with Crippen LogP contribution in [0.1, 0.15) is 34.6 Å². The summed E-state index contributed by atoms with van der Waals surface area (Å²) in [5, 5.41) is 5.69. The van der Waals surface area contributed by atoms with E-state index in [9.17, 15) is 9.59 Å². The summed E-state index contributed by atoms with van der Waals surface area (Å²) in [6.45, 7) is 3.88. The summed E-state index contributed by atoms with van der Waals surface area (Å²) < 4.78 is 10.2. The molecule has 2 aromatic rings. The van der Waals surface area contributed by atoms with Gasteiger partial charge in [0.2, 0.25) is 0 Å². The molecule has 7 heteroatoms. The molecule has 0 unspecified atom stereocenters. The van der Waals surface area contributed by atoms with Crippen LogP contribution in [0.15, 0.2) is 48.5 Å². The number of anilines is 1. The lowest BCUT2D eigenvalue weighted by atomic mass is 10.1. The van der Waals surface area contributed by atoms with Gasteiger partial charge in [0.1, 0.15) is 5.75 Å². The van der Waals surface area contributed by atoms with Crippen molar-refractivity contribution in [2.45, 2.75) is 20.0 Å². The summed E-state index contributed by atoms with van der Waals surface area (Å²) in [6.07, 6.45) is 0.0601. The normalized spacial score (nSPS) is 10.2. The van der Waals surface area contributed by atoms with Gasteiger partial charge in [-0.3, -0.25) is 10.1 Å². The average molecular weight is 372 g/mol. The molecule has 0 spiro atoms. The largest absolute Gasteiger partial charge is 0.491 e. The second-order valence-electron chi connectivity index (χ2n) is 5.67. The van der Waals surface area contributed by atoms with Crippen LogP contribution in [0.5, 0.6) is 5.75 Å². The van der Waals surface area contributed by atoms with Crippen molar-refractivity contribution in [3.63, 3.8) is 0 Å². The van der Waals surface area contributed by atoms with Crippen molar-refractivity contribution >= 4 is 34.9 Å². The van der Waals surface area contributed by atoms with Crippen LogP contribution < -0.4 is 15.4 Å². The fourth-order valence-corrected chi connectivity index (χ4v) is 2.34. The third-order valence-corrected chi connectivity index (χ3v) is 3.46. The number of esters is 1. The van der Waals surface area contributed by atoms with Crippen molar-refractivity contribution in [3.05, 3.63) is 59.7 Å². The topological polar surface area (TPSA) is 76.7 Å². The minimum atomic E-state index is -0.461. The van der Waals surface area contributed by atoms with E-state index in [1.54, 1.807) is 6.07 Å². The quantitative estimate of drug-likeness (QED) is 0.619. The molecule has 0 bridgehead atoms. The van der Waals surface area contributed by atoms with Gasteiger partial charge in [-0.05, 0) is 62.5 Å². The van der Waals surface area contributed by atoms with Crippen LogP contribution in [0.25, 0.3) is 0 Å². The number of thiocarbonyl (C=S) groups is 1. The van der Waals surface area contributed by atoms with Crippen LogP contribution in [-0.4, -0.2) is 30.2 Å². The Morgan fingerprint density at radius 2 is 1.69 bits per heavy atom. The Bertz CT molecular complexity index is 803. The van der Waals surface area contributed by atoms with E-state index in [0.717, 1.165) is 0 Å². The summed E-state index contributed by atoms with van der Waals surface area (Å²) >= 11 is 5.17. The van der Waals surface area contributed by atoms with Gasteiger partial charge in [-0.2, -0.15) is 0 Å². The Balaban J connectivity index is 1.97. The predicted octanol–water partition coefficient (Wildman–Crippen LogP) is 3.39. The Hall–Kier alpha value is -2.93. The highest BCUT2D eigenvalue weighted by atomic mass is 32.1. The predicted molar refractivity (Wildman–Crippen MR) is 104 cm³/mol. The van der Waals surface area contributed by atoms with E-state index < -0.39 is 5.97 Å². The number of ether oxygens (including phenoxy) is 2. The number of benzene rings is 2. The molecule has 0 atom stereocenters. The van der Waals surface area contributed by atoms with E-state index in [1.807, 2.05) is 32.0 Å². The van der Waals surface area contributed by atoms with Gasteiger partial charge in [0.25, 0.3) is 5.91 Å². The number of rotatable bonds is 5. The number of methoxy groups -OCH3 is 1. The molecule has 0 heterocycles. The van der Waals surface area contributed by atoms with Crippen molar-refractivity contribution in [1.82, 2.24) is 5.32 Å². The molecule has 0 aliphatic rings. The summed E-state index contributed by atoms with van der Waals surface area (Å²) in [7, 11) is 1.30. The van der Waals surface area contributed by atoms with Gasteiger partial charge in [0.15, 0.2) is 5.11 Å². The molecule has 6 nitrogen and oxygen atoms in total. The van der Waals surface area contributed by atoms with Crippen LogP contribution in [0, 0.1) is 0 Å². The standard InChI is InChI=1S/C19H20N2O4S/c1-12(2)25-16-6-4-5-15(11-16)20-19(26)21-17(22)13-7-9-14(10-8-13)18(23)24-3/h4-12H,1-3H3,(H2,20,21,22,26). The van der Waals surface area contributed by atoms with Crippen LogP contribution in [0.3, 0.4) is 0 Å². The fourth-order valence-electron chi connectivity index (χ4n) is 2.13.